The molecule has 0 atom stereocenters. The van der Waals surface area contributed by atoms with Gasteiger partial charge in [-0.3, -0.25) is 4.79 Å². The fourth-order valence-corrected chi connectivity index (χ4v) is 3.21. The van der Waals surface area contributed by atoms with E-state index in [0.29, 0.717) is 12.3 Å². The van der Waals surface area contributed by atoms with E-state index in [-0.39, 0.29) is 11.9 Å². The lowest BCUT2D eigenvalue weighted by Gasteiger charge is -2.20. The molecule has 3 aromatic carbocycles. The number of hydrogen-bond donors (Lipinski definition) is 1. The Balaban J connectivity index is 1.66. The van der Waals surface area contributed by atoms with Crippen LogP contribution in [0.2, 0.25) is 0 Å². The number of amides is 1. The van der Waals surface area contributed by atoms with Gasteiger partial charge in [0.05, 0.1) is 6.04 Å². The van der Waals surface area contributed by atoms with Crippen molar-refractivity contribution in [2.45, 2.75) is 38.6 Å². The molecule has 0 spiro atoms. The van der Waals surface area contributed by atoms with Crippen LogP contribution in [0.5, 0.6) is 0 Å². The predicted molar refractivity (Wildman–Crippen MR) is 112 cm³/mol. The first-order chi connectivity index (χ1) is 13.1. The predicted octanol–water partition coefficient (Wildman–Crippen LogP) is 5.65. The monoisotopic (exact) mass is 357 g/mol. The van der Waals surface area contributed by atoms with Crippen molar-refractivity contribution < 1.29 is 4.79 Å². The van der Waals surface area contributed by atoms with Gasteiger partial charge in [0.25, 0.3) is 0 Å². The molecule has 3 rings (SSSR count). The molecule has 0 unspecified atom stereocenters. The number of hydrogen-bond acceptors (Lipinski definition) is 1. The Hall–Kier alpha value is -2.87. The Labute approximate surface area is 162 Å². The summed E-state index contributed by atoms with van der Waals surface area (Å²) in [4.78, 5) is 12.6. The molecule has 138 valence electrons. The van der Waals surface area contributed by atoms with E-state index in [4.69, 9.17) is 0 Å². The number of benzene rings is 3. The molecule has 0 saturated heterocycles. The molecule has 27 heavy (non-hydrogen) atoms. The summed E-state index contributed by atoms with van der Waals surface area (Å²) in [5.74, 6) is 0.598. The summed E-state index contributed by atoms with van der Waals surface area (Å²) in [5, 5.41) is 3.21. The second-order valence-electron chi connectivity index (χ2n) is 7.22. The maximum Gasteiger partial charge on any atom is 0.221 e. The van der Waals surface area contributed by atoms with Crippen LogP contribution in [0.4, 0.5) is 0 Å². The van der Waals surface area contributed by atoms with E-state index in [1.54, 1.807) is 0 Å². The second-order valence-corrected chi connectivity index (χ2v) is 7.22. The van der Waals surface area contributed by atoms with Crippen LogP contribution in [0.1, 0.15) is 54.5 Å². The van der Waals surface area contributed by atoms with Crippen LogP contribution in [0.3, 0.4) is 0 Å². The van der Waals surface area contributed by atoms with E-state index in [1.807, 2.05) is 36.4 Å². The van der Waals surface area contributed by atoms with Crippen molar-refractivity contribution in [3.8, 4) is 0 Å². The van der Waals surface area contributed by atoms with E-state index in [0.717, 1.165) is 17.5 Å². The van der Waals surface area contributed by atoms with Gasteiger partial charge in [-0.15, -0.1) is 0 Å². The number of nitrogens with one attached hydrogen (secondary N) is 1. The van der Waals surface area contributed by atoms with Gasteiger partial charge in [-0.05, 0) is 34.6 Å². The standard InChI is InChI=1S/C25H27NO/c1-19(2)21-16-13-20(14-17-21)15-18-24(27)26-25(22-9-5-3-6-10-22)23-11-7-4-8-12-23/h3-14,16-17,19,25H,15,18H2,1-2H3,(H,26,27). The Morgan fingerprint density at radius 1 is 0.741 bits per heavy atom. The molecule has 0 aliphatic rings. The maximum absolute atomic E-state index is 12.6. The van der Waals surface area contributed by atoms with E-state index in [2.05, 4.69) is 67.7 Å². The third kappa shape index (κ3) is 5.30. The molecule has 1 N–H and O–H groups in total. The van der Waals surface area contributed by atoms with Crippen molar-refractivity contribution in [1.29, 1.82) is 0 Å². The molecule has 0 aliphatic heterocycles. The van der Waals surface area contributed by atoms with Crippen LogP contribution in [0.25, 0.3) is 0 Å². The minimum atomic E-state index is -0.122. The highest BCUT2D eigenvalue weighted by molar-refractivity contribution is 5.77. The lowest BCUT2D eigenvalue weighted by molar-refractivity contribution is -0.121. The third-order valence-electron chi connectivity index (χ3n) is 4.86. The highest BCUT2D eigenvalue weighted by atomic mass is 16.1. The number of aryl methyl sites for hydroxylation is 1. The topological polar surface area (TPSA) is 29.1 Å². The molecule has 3 aromatic rings. The Bertz CT molecular complexity index is 799. The first-order valence-corrected chi connectivity index (χ1v) is 9.61. The van der Waals surface area contributed by atoms with Crippen molar-refractivity contribution in [3.05, 3.63) is 107 Å². The van der Waals surface area contributed by atoms with Crippen molar-refractivity contribution in [1.82, 2.24) is 5.32 Å². The summed E-state index contributed by atoms with van der Waals surface area (Å²) < 4.78 is 0. The molecule has 0 saturated carbocycles. The van der Waals surface area contributed by atoms with Gasteiger partial charge in [0.2, 0.25) is 5.91 Å². The highest BCUT2D eigenvalue weighted by Crippen LogP contribution is 2.22. The summed E-state index contributed by atoms with van der Waals surface area (Å²) in [7, 11) is 0. The molecule has 0 aromatic heterocycles. The van der Waals surface area contributed by atoms with Gasteiger partial charge < -0.3 is 5.32 Å². The molecule has 2 heteroatoms. The molecule has 2 nitrogen and oxygen atoms in total. The number of rotatable bonds is 7. The van der Waals surface area contributed by atoms with Crippen LogP contribution >= 0.6 is 0 Å². The lowest BCUT2D eigenvalue weighted by atomic mass is 9.98. The Morgan fingerprint density at radius 2 is 1.26 bits per heavy atom. The van der Waals surface area contributed by atoms with Gasteiger partial charge >= 0.3 is 0 Å². The highest BCUT2D eigenvalue weighted by Gasteiger charge is 2.16. The van der Waals surface area contributed by atoms with Gasteiger partial charge in [-0.2, -0.15) is 0 Å². The zero-order valence-electron chi connectivity index (χ0n) is 16.1. The van der Waals surface area contributed by atoms with Crippen molar-refractivity contribution in [2.24, 2.45) is 0 Å². The molecule has 0 aliphatic carbocycles. The molecule has 0 bridgehead atoms. The summed E-state index contributed by atoms with van der Waals surface area (Å²) in [5.41, 5.74) is 4.72. The van der Waals surface area contributed by atoms with Crippen molar-refractivity contribution >= 4 is 5.91 Å². The first-order valence-electron chi connectivity index (χ1n) is 9.61. The molecule has 0 radical (unpaired) electrons. The fraction of sp³-hybridized carbons (Fsp3) is 0.240. The summed E-state index contributed by atoms with van der Waals surface area (Å²) in [6, 6.07) is 28.7. The maximum atomic E-state index is 12.6. The minimum Gasteiger partial charge on any atom is -0.345 e. The van der Waals surface area contributed by atoms with Crippen LogP contribution in [0, 0.1) is 0 Å². The Kier molecular flexibility index (Phi) is 6.43. The lowest BCUT2D eigenvalue weighted by Crippen LogP contribution is -2.29. The van der Waals surface area contributed by atoms with E-state index < -0.39 is 0 Å². The van der Waals surface area contributed by atoms with Crippen LogP contribution in [0.15, 0.2) is 84.9 Å². The number of carbonyl (C=O) groups excluding carboxylic acids is 1. The Morgan fingerprint density at radius 3 is 1.74 bits per heavy atom. The molecular formula is C25H27NO. The normalized spacial score (nSPS) is 11.0. The van der Waals surface area contributed by atoms with Crippen LogP contribution in [-0.2, 0) is 11.2 Å². The molecule has 0 fully saturated rings. The zero-order valence-corrected chi connectivity index (χ0v) is 16.1. The van der Waals surface area contributed by atoms with E-state index in [1.165, 1.54) is 11.1 Å². The van der Waals surface area contributed by atoms with E-state index in [9.17, 15) is 4.79 Å². The zero-order chi connectivity index (χ0) is 19.1. The average molecular weight is 357 g/mol. The summed E-state index contributed by atoms with van der Waals surface area (Å²) >= 11 is 0. The van der Waals surface area contributed by atoms with Gasteiger partial charge in [0.1, 0.15) is 0 Å². The fourth-order valence-electron chi connectivity index (χ4n) is 3.21. The first kappa shape index (κ1) is 18.9. The van der Waals surface area contributed by atoms with Gasteiger partial charge in [-0.25, -0.2) is 0 Å². The van der Waals surface area contributed by atoms with Crippen molar-refractivity contribution in [3.63, 3.8) is 0 Å². The van der Waals surface area contributed by atoms with Gasteiger partial charge in [-0.1, -0.05) is 98.8 Å². The number of carbonyl (C=O) groups is 1. The summed E-state index contributed by atoms with van der Waals surface area (Å²) in [6.07, 6.45) is 1.23. The van der Waals surface area contributed by atoms with Crippen LogP contribution < -0.4 is 5.32 Å². The SMILES string of the molecule is CC(C)c1ccc(CCC(=O)NC(c2ccccc2)c2ccccc2)cc1. The summed E-state index contributed by atoms with van der Waals surface area (Å²) in [6.45, 7) is 4.38. The quantitative estimate of drug-likeness (QED) is 0.582. The molecule has 1 amide bonds. The van der Waals surface area contributed by atoms with Crippen LogP contribution in [-0.4, -0.2) is 5.91 Å². The van der Waals surface area contributed by atoms with Crippen molar-refractivity contribution in [2.75, 3.05) is 0 Å². The minimum absolute atomic E-state index is 0.0700. The molecular weight excluding hydrogens is 330 g/mol. The second kappa shape index (κ2) is 9.18. The largest absolute Gasteiger partial charge is 0.345 e. The smallest absolute Gasteiger partial charge is 0.221 e. The third-order valence-corrected chi connectivity index (χ3v) is 4.86. The van der Waals surface area contributed by atoms with Gasteiger partial charge in [0.15, 0.2) is 0 Å². The van der Waals surface area contributed by atoms with Gasteiger partial charge in [0, 0.05) is 6.42 Å². The van der Waals surface area contributed by atoms with E-state index >= 15 is 0 Å². The average Bonchev–Trinajstić information content (AvgIpc) is 2.72. The molecule has 0 heterocycles.